The van der Waals surface area contributed by atoms with Crippen LogP contribution in [0.1, 0.15) is 29.2 Å². The van der Waals surface area contributed by atoms with Crippen molar-refractivity contribution < 1.29 is 13.9 Å². The molecule has 1 amide bonds. The number of amides is 1. The van der Waals surface area contributed by atoms with Crippen LogP contribution in [-0.2, 0) is 4.74 Å². The summed E-state index contributed by atoms with van der Waals surface area (Å²) in [4.78, 5) is 26.7. The summed E-state index contributed by atoms with van der Waals surface area (Å²) in [6.07, 6.45) is 3.29. The van der Waals surface area contributed by atoms with Crippen molar-refractivity contribution >= 4 is 22.8 Å². The van der Waals surface area contributed by atoms with Gasteiger partial charge in [-0.3, -0.25) is 4.79 Å². The first-order valence-electron chi connectivity index (χ1n) is 12.4. The number of nitrogens with zero attached hydrogens (tertiary/aromatic N) is 6. The lowest BCUT2D eigenvalue weighted by atomic mass is 10.0. The number of ether oxygens (including phenoxy) is 1. The molecule has 8 nitrogen and oxygen atoms in total. The molecule has 0 bridgehead atoms. The molecule has 36 heavy (non-hydrogen) atoms. The van der Waals surface area contributed by atoms with E-state index in [1.807, 2.05) is 41.2 Å². The largest absolute Gasteiger partial charge is 0.378 e. The average Bonchev–Trinajstić information content (AvgIpc) is 3.38. The molecule has 0 N–H and O–H groups in total. The van der Waals surface area contributed by atoms with Crippen molar-refractivity contribution in [2.24, 2.45) is 0 Å². The van der Waals surface area contributed by atoms with Gasteiger partial charge in [0.1, 0.15) is 11.6 Å². The minimum Gasteiger partial charge on any atom is -0.378 e. The Hall–Kier alpha value is -3.85. The fourth-order valence-electron chi connectivity index (χ4n) is 5.03. The molecule has 4 heterocycles. The highest BCUT2D eigenvalue weighted by Gasteiger charge is 2.29. The maximum atomic E-state index is 14.2. The van der Waals surface area contributed by atoms with Gasteiger partial charge in [-0.05, 0) is 25.0 Å². The van der Waals surface area contributed by atoms with E-state index in [2.05, 4.69) is 4.90 Å². The van der Waals surface area contributed by atoms with Crippen LogP contribution in [0.4, 0.5) is 10.2 Å². The Morgan fingerprint density at radius 1 is 0.917 bits per heavy atom. The van der Waals surface area contributed by atoms with Crippen molar-refractivity contribution in [2.75, 3.05) is 44.3 Å². The van der Waals surface area contributed by atoms with E-state index in [-0.39, 0.29) is 17.5 Å². The lowest BCUT2D eigenvalue weighted by Gasteiger charge is -2.32. The van der Waals surface area contributed by atoms with Gasteiger partial charge in [-0.2, -0.15) is 5.10 Å². The van der Waals surface area contributed by atoms with Crippen LogP contribution in [0.15, 0.2) is 60.8 Å². The minimum absolute atomic E-state index is 0.0863. The van der Waals surface area contributed by atoms with Crippen LogP contribution in [0.2, 0.25) is 0 Å². The maximum Gasteiger partial charge on any atom is 0.256 e. The highest BCUT2D eigenvalue weighted by Crippen LogP contribution is 2.32. The molecule has 2 fully saturated rings. The molecule has 0 spiro atoms. The first-order chi connectivity index (χ1) is 17.7. The number of halogens is 1. The smallest absolute Gasteiger partial charge is 0.256 e. The zero-order valence-corrected chi connectivity index (χ0v) is 19.9. The zero-order valence-electron chi connectivity index (χ0n) is 19.9. The number of hydrogen-bond acceptors (Lipinski definition) is 6. The molecule has 0 unspecified atom stereocenters. The summed E-state index contributed by atoms with van der Waals surface area (Å²) in [5, 5.41) is 5.66. The Labute approximate surface area is 208 Å². The van der Waals surface area contributed by atoms with Gasteiger partial charge in [-0.15, -0.1) is 0 Å². The number of aromatic nitrogens is 4. The molecule has 2 aliphatic rings. The van der Waals surface area contributed by atoms with E-state index in [0.29, 0.717) is 45.0 Å². The second kappa shape index (κ2) is 9.66. The van der Waals surface area contributed by atoms with E-state index in [0.717, 1.165) is 35.5 Å². The third-order valence-corrected chi connectivity index (χ3v) is 6.98. The predicted molar refractivity (Wildman–Crippen MR) is 134 cm³/mol. The number of hydrogen-bond donors (Lipinski definition) is 0. The molecular weight excluding hydrogens is 459 g/mol. The van der Waals surface area contributed by atoms with Crippen LogP contribution < -0.4 is 4.90 Å². The van der Waals surface area contributed by atoms with E-state index in [1.165, 1.54) is 6.07 Å². The van der Waals surface area contributed by atoms with E-state index < -0.39 is 5.82 Å². The lowest BCUT2D eigenvalue weighted by Crippen LogP contribution is -2.39. The Kier molecular flexibility index (Phi) is 6.06. The number of piperidine rings is 1. The van der Waals surface area contributed by atoms with Gasteiger partial charge >= 0.3 is 0 Å². The van der Waals surface area contributed by atoms with Crippen LogP contribution >= 0.6 is 0 Å². The van der Waals surface area contributed by atoms with Gasteiger partial charge in [0.05, 0.1) is 36.4 Å². The number of anilines is 1. The number of benzene rings is 2. The first-order valence-corrected chi connectivity index (χ1v) is 12.4. The summed E-state index contributed by atoms with van der Waals surface area (Å²) in [5.74, 6) is 0.794. The Balaban J connectivity index is 1.31. The van der Waals surface area contributed by atoms with Gasteiger partial charge in [0.25, 0.3) is 5.91 Å². The normalized spacial score (nSPS) is 17.0. The van der Waals surface area contributed by atoms with E-state index in [9.17, 15) is 9.18 Å². The fourth-order valence-corrected chi connectivity index (χ4v) is 5.03. The molecule has 0 radical (unpaired) electrons. The summed E-state index contributed by atoms with van der Waals surface area (Å²) < 4.78 is 21.7. The number of morpholine rings is 1. The highest BCUT2D eigenvalue weighted by molar-refractivity contribution is 5.94. The second-order valence-electron chi connectivity index (χ2n) is 9.17. The molecule has 0 saturated carbocycles. The van der Waals surface area contributed by atoms with Crippen LogP contribution in [0, 0.1) is 5.82 Å². The van der Waals surface area contributed by atoms with Gasteiger partial charge in [0, 0.05) is 31.7 Å². The van der Waals surface area contributed by atoms with Crippen LogP contribution in [0.5, 0.6) is 0 Å². The summed E-state index contributed by atoms with van der Waals surface area (Å²) >= 11 is 0. The summed E-state index contributed by atoms with van der Waals surface area (Å²) in [6, 6.07) is 16.2. The number of carbonyl (C=O) groups excluding carboxylic acids is 1. The minimum atomic E-state index is -0.483. The standard InChI is InChI=1S/C27H27FN6O2/c28-23-9-5-4-8-21(23)27(35)33-12-10-20(11-13-33)34-26-22(18-29-34)25(32-14-16-36-17-15-32)30-24(31-26)19-6-2-1-3-7-19/h1-9,18,20H,10-17H2. The molecule has 0 atom stereocenters. The Bertz CT molecular complexity index is 1380. The monoisotopic (exact) mass is 486 g/mol. The van der Waals surface area contributed by atoms with Gasteiger partial charge in [0.15, 0.2) is 11.5 Å². The van der Waals surface area contributed by atoms with Crippen LogP contribution in [0.25, 0.3) is 22.4 Å². The molecular formula is C27H27FN6O2. The van der Waals surface area contributed by atoms with Crippen LogP contribution in [0.3, 0.4) is 0 Å². The topological polar surface area (TPSA) is 76.4 Å². The third-order valence-electron chi connectivity index (χ3n) is 6.98. The third kappa shape index (κ3) is 4.19. The van der Waals surface area contributed by atoms with Gasteiger partial charge < -0.3 is 14.5 Å². The van der Waals surface area contributed by atoms with Crippen molar-refractivity contribution in [1.82, 2.24) is 24.6 Å². The average molecular weight is 487 g/mol. The summed E-state index contributed by atoms with van der Waals surface area (Å²) in [7, 11) is 0. The Morgan fingerprint density at radius 2 is 1.64 bits per heavy atom. The van der Waals surface area contributed by atoms with Crippen molar-refractivity contribution in [1.29, 1.82) is 0 Å². The molecule has 0 aliphatic carbocycles. The summed E-state index contributed by atoms with van der Waals surface area (Å²) in [5.41, 5.74) is 1.87. The highest BCUT2D eigenvalue weighted by atomic mass is 19.1. The lowest BCUT2D eigenvalue weighted by molar-refractivity contribution is 0.0687. The molecule has 4 aromatic rings. The maximum absolute atomic E-state index is 14.2. The number of rotatable bonds is 4. The van der Waals surface area contributed by atoms with E-state index in [1.54, 1.807) is 23.1 Å². The fraction of sp³-hybridized carbons (Fsp3) is 0.333. The van der Waals surface area contributed by atoms with Gasteiger partial charge in [0.2, 0.25) is 0 Å². The van der Waals surface area contributed by atoms with Crippen molar-refractivity contribution in [3.05, 3.63) is 72.2 Å². The quantitative estimate of drug-likeness (QED) is 0.435. The van der Waals surface area contributed by atoms with E-state index >= 15 is 0 Å². The molecule has 2 aliphatic heterocycles. The van der Waals surface area contributed by atoms with Crippen molar-refractivity contribution in [3.63, 3.8) is 0 Å². The van der Waals surface area contributed by atoms with Crippen molar-refractivity contribution in [3.8, 4) is 11.4 Å². The zero-order chi connectivity index (χ0) is 24.5. The first kappa shape index (κ1) is 22.6. The predicted octanol–water partition coefficient (Wildman–Crippen LogP) is 3.95. The number of fused-ring (bicyclic) bond motifs is 1. The SMILES string of the molecule is O=C(c1ccccc1F)N1CCC(n2ncc3c(N4CCOCC4)nc(-c4ccccc4)nc32)CC1. The molecule has 2 saturated heterocycles. The second-order valence-corrected chi connectivity index (χ2v) is 9.17. The molecule has 2 aromatic heterocycles. The van der Waals surface area contributed by atoms with E-state index in [4.69, 9.17) is 19.8 Å². The molecule has 9 heteroatoms. The summed E-state index contributed by atoms with van der Waals surface area (Å²) in [6.45, 7) is 3.92. The van der Waals surface area contributed by atoms with Gasteiger partial charge in [-0.25, -0.2) is 19.0 Å². The number of carbonyl (C=O) groups is 1. The van der Waals surface area contributed by atoms with Gasteiger partial charge in [-0.1, -0.05) is 42.5 Å². The molecule has 6 rings (SSSR count). The number of likely N-dealkylation sites (tertiary alicyclic amines) is 1. The Morgan fingerprint density at radius 3 is 2.39 bits per heavy atom. The molecule has 184 valence electrons. The van der Waals surface area contributed by atoms with Crippen molar-refractivity contribution in [2.45, 2.75) is 18.9 Å². The molecule has 2 aromatic carbocycles. The van der Waals surface area contributed by atoms with Crippen LogP contribution in [-0.4, -0.2) is 69.9 Å².